The van der Waals surface area contributed by atoms with E-state index in [1.54, 1.807) is 0 Å². The van der Waals surface area contributed by atoms with Crippen LogP contribution in [0.5, 0.6) is 11.5 Å². The number of hydrogen-bond acceptors (Lipinski definition) is 2. The second-order valence-electron chi connectivity index (χ2n) is 17.6. The molecule has 1 saturated heterocycles. The Labute approximate surface area is 329 Å². The summed E-state index contributed by atoms with van der Waals surface area (Å²) in [5.74, 6) is 2.49. The Balaban J connectivity index is 1.05. The van der Waals surface area contributed by atoms with Crippen molar-refractivity contribution in [2.45, 2.75) is 59.3 Å². The monoisotopic (exact) mass is 731 g/mol. The predicted molar refractivity (Wildman–Crippen MR) is 233 cm³/mol. The summed E-state index contributed by atoms with van der Waals surface area (Å²) in [5, 5.41) is 2.36. The number of nitrogens with zero attached hydrogens (tertiary/aromatic N) is 4. The minimum Gasteiger partial charge on any atom is -0.457 e. The van der Waals surface area contributed by atoms with E-state index >= 15 is 0 Å². The summed E-state index contributed by atoms with van der Waals surface area (Å²) in [5.41, 5.74) is 13.7. The summed E-state index contributed by atoms with van der Waals surface area (Å²) < 4.78 is 10.3. The molecule has 0 spiro atoms. The summed E-state index contributed by atoms with van der Waals surface area (Å²) in [6, 6.07) is 52.8. The molecule has 0 saturated carbocycles. The van der Waals surface area contributed by atoms with E-state index in [9.17, 15) is 0 Å². The predicted octanol–water partition coefficient (Wildman–Crippen LogP) is 13.9. The summed E-state index contributed by atoms with van der Waals surface area (Å²) in [6.07, 6.45) is 1.93. The molecule has 56 heavy (non-hydrogen) atoms. The number of benzene rings is 6. The molecule has 1 fully saturated rings. The first kappa shape index (κ1) is 34.5. The van der Waals surface area contributed by atoms with Crippen LogP contribution < -0.4 is 13.9 Å². The number of ether oxygens (including phenoxy) is 1. The van der Waals surface area contributed by atoms with Crippen molar-refractivity contribution >= 4 is 44.6 Å². The molecule has 2 aromatic heterocycles. The minimum atomic E-state index is 0.00258. The third-order valence-corrected chi connectivity index (χ3v) is 12.0. The number of aromatic nitrogens is 2. The maximum Gasteiger partial charge on any atom is 0.225 e. The van der Waals surface area contributed by atoms with Crippen molar-refractivity contribution in [3.8, 4) is 28.4 Å². The molecular weight excluding hydrogens is 685 g/mol. The van der Waals surface area contributed by atoms with Crippen LogP contribution in [0, 0.1) is 13.6 Å². The first-order valence-corrected chi connectivity index (χ1v) is 19.7. The van der Waals surface area contributed by atoms with Gasteiger partial charge in [0, 0.05) is 58.9 Å². The summed E-state index contributed by atoms with van der Waals surface area (Å²) in [4.78, 5) is 4.88. The van der Waals surface area contributed by atoms with Crippen LogP contribution in [-0.2, 0) is 10.8 Å². The largest absolute Gasteiger partial charge is 0.457 e. The van der Waals surface area contributed by atoms with Crippen molar-refractivity contribution < 1.29 is 4.74 Å². The molecule has 2 aliphatic heterocycles. The van der Waals surface area contributed by atoms with Gasteiger partial charge < -0.3 is 4.74 Å². The van der Waals surface area contributed by atoms with Crippen molar-refractivity contribution in [3.05, 3.63) is 175 Å². The van der Waals surface area contributed by atoms with Gasteiger partial charge in [-0.15, -0.1) is 0 Å². The topological polar surface area (TPSA) is 27.1 Å². The van der Waals surface area contributed by atoms with E-state index in [1.807, 2.05) is 6.20 Å². The SMILES string of the molecule is Cc1cccc([N@+]23[CH-][N+]2(c2cccc(Oc4ccc5c6ccccc6n(-c6cc(C(C)(C)C)ccn6)c5c4)c2)c2ccccc23)c1-c1ccc(C(C)(C)C)cc1. The van der Waals surface area contributed by atoms with E-state index in [0.29, 0.717) is 9.18 Å². The van der Waals surface area contributed by atoms with Crippen LogP contribution in [0.2, 0.25) is 0 Å². The van der Waals surface area contributed by atoms with E-state index < -0.39 is 0 Å². The highest BCUT2D eigenvalue weighted by Crippen LogP contribution is 2.76. The first-order chi connectivity index (χ1) is 26.9. The lowest BCUT2D eigenvalue weighted by Crippen LogP contribution is -2.46. The maximum absolute atomic E-state index is 6.79. The van der Waals surface area contributed by atoms with E-state index in [4.69, 9.17) is 9.72 Å². The van der Waals surface area contributed by atoms with Gasteiger partial charge in [-0.05, 0) is 76.4 Å². The minimum absolute atomic E-state index is 0.00258. The second-order valence-corrected chi connectivity index (χ2v) is 17.6. The molecule has 5 heteroatoms. The molecule has 6 aromatic carbocycles. The van der Waals surface area contributed by atoms with Gasteiger partial charge in [-0.25, -0.2) is 4.98 Å². The number of rotatable bonds is 6. The molecule has 0 N–H and O–H groups in total. The summed E-state index contributed by atoms with van der Waals surface area (Å²) in [7, 11) is 0. The van der Waals surface area contributed by atoms with Gasteiger partial charge in [0.15, 0.2) is 18.0 Å². The molecule has 10 rings (SSSR count). The molecule has 4 heterocycles. The smallest absolute Gasteiger partial charge is 0.225 e. The number of aryl methyl sites for hydroxylation is 1. The third kappa shape index (κ3) is 4.97. The van der Waals surface area contributed by atoms with Crippen LogP contribution >= 0.6 is 0 Å². The molecular formula is C51H47N4O+. The molecule has 5 nitrogen and oxygen atoms in total. The van der Waals surface area contributed by atoms with Crippen LogP contribution in [-0.4, -0.2) is 9.55 Å². The number of pyridine rings is 1. The highest BCUT2D eigenvalue weighted by Gasteiger charge is 2.78. The Morgan fingerprint density at radius 1 is 0.554 bits per heavy atom. The lowest BCUT2D eigenvalue weighted by molar-refractivity contribution is 0.424. The highest BCUT2D eigenvalue weighted by atomic mass is 16.5. The molecule has 8 aromatic rings. The fraction of sp³-hybridized carbons (Fsp3) is 0.176. The zero-order chi connectivity index (χ0) is 38.6. The van der Waals surface area contributed by atoms with Gasteiger partial charge in [0.05, 0.1) is 11.0 Å². The summed E-state index contributed by atoms with van der Waals surface area (Å²) in [6.45, 7) is 18.2. The molecule has 2 aliphatic rings. The molecule has 0 bridgehead atoms. The van der Waals surface area contributed by atoms with E-state index in [2.05, 4.69) is 205 Å². The van der Waals surface area contributed by atoms with Gasteiger partial charge in [-0.3, -0.25) is 4.57 Å². The average Bonchev–Trinajstić information content (AvgIpc) is 3.67. The molecule has 2 atom stereocenters. The number of fused-ring (bicyclic) bond motifs is 7. The summed E-state index contributed by atoms with van der Waals surface area (Å²) >= 11 is 0. The first-order valence-electron chi connectivity index (χ1n) is 19.7. The van der Waals surface area contributed by atoms with Crippen molar-refractivity contribution in [1.29, 1.82) is 0 Å². The molecule has 0 amide bonds. The van der Waals surface area contributed by atoms with Gasteiger partial charge in [-0.2, -0.15) is 9.18 Å². The van der Waals surface area contributed by atoms with Gasteiger partial charge in [-0.1, -0.05) is 114 Å². The Morgan fingerprint density at radius 2 is 1.21 bits per heavy atom. The van der Waals surface area contributed by atoms with Crippen molar-refractivity contribution in [2.75, 3.05) is 0 Å². The number of quaternary nitrogens is 2. The average molecular weight is 732 g/mol. The maximum atomic E-state index is 6.79. The zero-order valence-electron chi connectivity index (χ0n) is 33.2. The molecule has 1 unspecified atom stereocenters. The molecule has 0 aliphatic carbocycles. The molecule has 0 radical (unpaired) electrons. The zero-order valence-corrected chi connectivity index (χ0v) is 33.2. The fourth-order valence-corrected chi connectivity index (χ4v) is 9.04. The molecule has 276 valence electrons. The van der Waals surface area contributed by atoms with Crippen LogP contribution in [0.4, 0.5) is 22.7 Å². The highest BCUT2D eigenvalue weighted by molar-refractivity contribution is 6.09. The van der Waals surface area contributed by atoms with Crippen LogP contribution in [0.1, 0.15) is 58.2 Å². The van der Waals surface area contributed by atoms with Gasteiger partial charge in [0.1, 0.15) is 17.3 Å². The second kappa shape index (κ2) is 12.0. The quantitative estimate of drug-likeness (QED) is 0.0967. The van der Waals surface area contributed by atoms with E-state index in [-0.39, 0.29) is 10.8 Å². The fourth-order valence-electron chi connectivity index (χ4n) is 9.04. The van der Waals surface area contributed by atoms with Crippen LogP contribution in [0.3, 0.4) is 0 Å². The van der Waals surface area contributed by atoms with Crippen molar-refractivity contribution in [1.82, 2.24) is 18.7 Å². The standard InChI is InChI=1S/C51H47N4O/c1-34-14-12-21-47(49(34)35-22-24-36(25-23-35)50(2,3)4)55-33-54(55,45-19-10-11-20-46(45)55)38-15-13-16-39(31-38)56-40-26-27-42-41-17-8-9-18-43(41)53(44(42)32-40)48-30-37(28-29-52-48)51(5,6)7/h8-33H,1-7H3/q+1/t54?,55-/m1/s1. The van der Waals surface area contributed by atoms with E-state index in [0.717, 1.165) is 34.0 Å². The van der Waals surface area contributed by atoms with Crippen LogP contribution in [0.25, 0.3) is 38.8 Å². The number of hydrogen-bond donors (Lipinski definition) is 0. The normalized spacial score (nSPS) is 18.7. The Kier molecular flexibility index (Phi) is 7.38. The Hall–Kier alpha value is -6.01. The van der Waals surface area contributed by atoms with Crippen molar-refractivity contribution in [3.63, 3.8) is 0 Å². The van der Waals surface area contributed by atoms with Crippen LogP contribution in [0.15, 0.2) is 152 Å². The van der Waals surface area contributed by atoms with Gasteiger partial charge in [0.2, 0.25) is 11.4 Å². The van der Waals surface area contributed by atoms with Gasteiger partial charge in [0.25, 0.3) is 0 Å². The number of para-hydroxylation sites is 3. The lowest BCUT2D eigenvalue weighted by Gasteiger charge is -2.40. The van der Waals surface area contributed by atoms with E-state index in [1.165, 1.54) is 55.7 Å². The lowest BCUT2D eigenvalue weighted by atomic mass is 9.85. The third-order valence-electron chi connectivity index (χ3n) is 12.0. The Bertz CT molecular complexity index is 2850. The van der Waals surface area contributed by atoms with Gasteiger partial charge >= 0.3 is 0 Å². The Morgan fingerprint density at radius 3 is 1.98 bits per heavy atom. The van der Waals surface area contributed by atoms with Crippen molar-refractivity contribution in [2.24, 2.45) is 0 Å².